The van der Waals surface area contributed by atoms with Gasteiger partial charge in [0, 0.05) is 6.54 Å². The maximum Gasteiger partial charge on any atom is 0.306 e. The Hall–Kier alpha value is -1.88. The molecule has 0 aliphatic rings. The van der Waals surface area contributed by atoms with Crippen LogP contribution in [-0.2, 0) is 29.0 Å². The van der Waals surface area contributed by atoms with Crippen molar-refractivity contribution in [3.63, 3.8) is 0 Å². The van der Waals surface area contributed by atoms with Gasteiger partial charge in [0.15, 0.2) is 0 Å². The van der Waals surface area contributed by atoms with E-state index in [1.54, 1.807) is 0 Å². The Morgan fingerprint density at radius 3 is 1.00 bits per heavy atom. The SMILES string of the molecule is CCCCCC(CCCCC)CCCCCCC(Cc1cc(CC(CCCCCCC(CCCCC)CCCCC)C(=O)O)cc(CN(C)C)c1)C(=O)O. The number of carboxylic acid groups (broad SMARTS) is 2. The Labute approximate surface area is 335 Å². The Bertz CT molecular complexity index is 960. The average Bonchev–Trinajstić information content (AvgIpc) is 3.12. The van der Waals surface area contributed by atoms with Gasteiger partial charge in [0.05, 0.1) is 11.8 Å². The van der Waals surface area contributed by atoms with E-state index in [9.17, 15) is 19.8 Å². The average molecular weight is 756 g/mol. The van der Waals surface area contributed by atoms with E-state index in [1.807, 2.05) is 14.1 Å². The first-order chi connectivity index (χ1) is 26.1. The quantitative estimate of drug-likeness (QED) is 0.0657. The Morgan fingerprint density at radius 1 is 0.444 bits per heavy atom. The lowest BCUT2D eigenvalue weighted by atomic mass is 9.88. The van der Waals surface area contributed by atoms with Gasteiger partial charge in [-0.3, -0.25) is 9.59 Å². The van der Waals surface area contributed by atoms with Crippen molar-refractivity contribution in [2.75, 3.05) is 14.1 Å². The lowest BCUT2D eigenvalue weighted by Gasteiger charge is -2.19. The smallest absolute Gasteiger partial charge is 0.306 e. The molecule has 5 heteroatoms. The zero-order valence-electron chi connectivity index (χ0n) is 36.6. The van der Waals surface area contributed by atoms with E-state index in [0.29, 0.717) is 25.7 Å². The molecule has 1 aromatic carbocycles. The predicted molar refractivity (Wildman–Crippen MR) is 232 cm³/mol. The molecule has 0 bridgehead atoms. The molecule has 2 N–H and O–H groups in total. The van der Waals surface area contributed by atoms with Gasteiger partial charge >= 0.3 is 11.9 Å². The minimum absolute atomic E-state index is 0.406. The molecule has 5 nitrogen and oxygen atoms in total. The summed E-state index contributed by atoms with van der Waals surface area (Å²) >= 11 is 0. The second-order valence-corrected chi connectivity index (χ2v) is 17.6. The van der Waals surface area contributed by atoms with Crippen LogP contribution in [0.25, 0.3) is 0 Å². The Balaban J connectivity index is 2.72. The first-order valence-corrected chi connectivity index (χ1v) is 23.3. The van der Waals surface area contributed by atoms with E-state index in [2.05, 4.69) is 50.8 Å². The predicted octanol–water partition coefficient (Wildman–Crippen LogP) is 14.5. The molecule has 1 rings (SSSR count). The molecule has 0 aromatic heterocycles. The van der Waals surface area contributed by atoms with Gasteiger partial charge in [0.25, 0.3) is 0 Å². The van der Waals surface area contributed by atoms with Crippen molar-refractivity contribution in [2.24, 2.45) is 23.7 Å². The molecule has 0 aliphatic heterocycles. The lowest BCUT2D eigenvalue weighted by molar-refractivity contribution is -0.142. The number of aliphatic carboxylic acids is 2. The van der Waals surface area contributed by atoms with Crippen LogP contribution < -0.4 is 0 Å². The Kier molecular flexibility index (Phi) is 30.9. The molecule has 0 saturated carbocycles. The van der Waals surface area contributed by atoms with Crippen LogP contribution in [0.3, 0.4) is 0 Å². The van der Waals surface area contributed by atoms with Crippen LogP contribution in [0.4, 0.5) is 0 Å². The van der Waals surface area contributed by atoms with Crippen LogP contribution in [0.15, 0.2) is 18.2 Å². The molecule has 2 atom stereocenters. The number of hydrogen-bond donors (Lipinski definition) is 2. The van der Waals surface area contributed by atoms with Gasteiger partial charge in [-0.05, 0) is 68.3 Å². The van der Waals surface area contributed by atoms with Crippen LogP contribution in [0.5, 0.6) is 0 Å². The maximum atomic E-state index is 12.4. The first kappa shape index (κ1) is 50.1. The van der Waals surface area contributed by atoms with Crippen LogP contribution in [0.2, 0.25) is 0 Å². The zero-order chi connectivity index (χ0) is 39.8. The van der Waals surface area contributed by atoms with Gasteiger partial charge in [-0.2, -0.15) is 0 Å². The minimum atomic E-state index is -0.710. The van der Waals surface area contributed by atoms with Crippen molar-refractivity contribution in [3.05, 3.63) is 34.9 Å². The molecule has 54 heavy (non-hydrogen) atoms. The summed E-state index contributed by atoms with van der Waals surface area (Å²) in [5.74, 6) is -0.506. The van der Waals surface area contributed by atoms with E-state index in [4.69, 9.17) is 0 Å². The molecular weight excluding hydrogens is 667 g/mol. The van der Waals surface area contributed by atoms with Gasteiger partial charge in [0.1, 0.15) is 0 Å². The third-order valence-corrected chi connectivity index (χ3v) is 12.0. The third-order valence-electron chi connectivity index (χ3n) is 12.0. The fraction of sp³-hybridized carbons (Fsp3) is 0.837. The summed E-state index contributed by atoms with van der Waals surface area (Å²) in [6.07, 6.45) is 35.6. The topological polar surface area (TPSA) is 77.8 Å². The molecule has 0 amide bonds. The van der Waals surface area contributed by atoms with E-state index in [0.717, 1.165) is 60.8 Å². The molecule has 0 saturated heterocycles. The number of unbranched alkanes of at least 4 members (excludes halogenated alkanes) is 14. The van der Waals surface area contributed by atoms with E-state index in [1.165, 1.54) is 141 Å². The van der Waals surface area contributed by atoms with Crippen LogP contribution in [0, 0.1) is 23.7 Å². The molecule has 314 valence electrons. The number of hydrogen-bond acceptors (Lipinski definition) is 3. The number of carbonyl (C=O) groups is 2. The van der Waals surface area contributed by atoms with Crippen molar-refractivity contribution in [1.82, 2.24) is 4.90 Å². The van der Waals surface area contributed by atoms with Gasteiger partial charge in [0.2, 0.25) is 0 Å². The van der Waals surface area contributed by atoms with Gasteiger partial charge in [-0.25, -0.2) is 0 Å². The van der Waals surface area contributed by atoms with E-state index < -0.39 is 23.8 Å². The molecule has 0 spiro atoms. The fourth-order valence-electron chi connectivity index (χ4n) is 8.68. The molecule has 2 unspecified atom stereocenters. The van der Waals surface area contributed by atoms with Crippen LogP contribution in [0.1, 0.15) is 224 Å². The number of carboxylic acids is 2. The minimum Gasteiger partial charge on any atom is -0.481 e. The van der Waals surface area contributed by atoms with Gasteiger partial charge < -0.3 is 15.1 Å². The summed E-state index contributed by atoms with van der Waals surface area (Å²) in [7, 11) is 4.09. The summed E-state index contributed by atoms with van der Waals surface area (Å²) in [5.41, 5.74) is 3.21. The maximum absolute atomic E-state index is 12.4. The highest BCUT2D eigenvalue weighted by Crippen LogP contribution is 2.27. The Morgan fingerprint density at radius 2 is 0.722 bits per heavy atom. The molecule has 0 radical (unpaired) electrons. The number of nitrogens with zero attached hydrogens (tertiary/aromatic N) is 1. The first-order valence-electron chi connectivity index (χ1n) is 23.3. The summed E-state index contributed by atoms with van der Waals surface area (Å²) < 4.78 is 0. The second-order valence-electron chi connectivity index (χ2n) is 17.6. The largest absolute Gasteiger partial charge is 0.481 e. The summed E-state index contributed by atoms with van der Waals surface area (Å²) in [6, 6.07) is 6.42. The molecule has 0 aliphatic carbocycles. The monoisotopic (exact) mass is 756 g/mol. The highest BCUT2D eigenvalue weighted by molar-refractivity contribution is 5.71. The van der Waals surface area contributed by atoms with Gasteiger partial charge in [-0.15, -0.1) is 0 Å². The van der Waals surface area contributed by atoms with Crippen LogP contribution >= 0.6 is 0 Å². The van der Waals surface area contributed by atoms with E-state index in [-0.39, 0.29) is 0 Å². The van der Waals surface area contributed by atoms with Crippen molar-refractivity contribution in [1.29, 1.82) is 0 Å². The second kappa shape index (κ2) is 33.3. The lowest BCUT2D eigenvalue weighted by Crippen LogP contribution is -2.19. The molecule has 0 heterocycles. The zero-order valence-corrected chi connectivity index (χ0v) is 36.6. The van der Waals surface area contributed by atoms with Crippen molar-refractivity contribution >= 4 is 11.9 Å². The van der Waals surface area contributed by atoms with E-state index >= 15 is 0 Å². The fourth-order valence-corrected chi connectivity index (χ4v) is 8.68. The molecule has 1 aromatic rings. The standard InChI is InChI=1S/C49H89NO4/c1-7-11-19-27-41(28-20-12-8-2)31-23-15-17-25-33-46(48(51)52)38-43-35-44(37-45(36-43)40-50(5)6)39-47(49(53)54)34-26-18-16-24-32-42(29-21-13-9-3)30-22-14-10-4/h35-37,41-42,46-47H,7-34,38-40H2,1-6H3,(H,51,52)(H,53,54). The number of rotatable bonds is 38. The van der Waals surface area contributed by atoms with Crippen LogP contribution in [-0.4, -0.2) is 41.1 Å². The summed E-state index contributed by atoms with van der Waals surface area (Å²) in [4.78, 5) is 27.0. The van der Waals surface area contributed by atoms with Crippen molar-refractivity contribution in [2.45, 2.75) is 227 Å². The third kappa shape index (κ3) is 26.1. The molecule has 0 fully saturated rings. The van der Waals surface area contributed by atoms with Crippen molar-refractivity contribution in [3.8, 4) is 0 Å². The number of benzene rings is 1. The summed E-state index contributed by atoms with van der Waals surface area (Å²) in [5, 5.41) is 20.4. The highest BCUT2D eigenvalue weighted by atomic mass is 16.4. The van der Waals surface area contributed by atoms with Gasteiger partial charge in [-0.1, -0.05) is 213 Å². The highest BCUT2D eigenvalue weighted by Gasteiger charge is 2.21. The molecular formula is C49H89NO4. The normalized spacial score (nSPS) is 13.0. The summed E-state index contributed by atoms with van der Waals surface area (Å²) in [6.45, 7) is 9.90. The van der Waals surface area contributed by atoms with Crippen molar-refractivity contribution < 1.29 is 19.8 Å².